The van der Waals surface area contributed by atoms with Gasteiger partial charge in [0.2, 0.25) is 0 Å². The lowest BCUT2D eigenvalue weighted by molar-refractivity contribution is 0.0520. The number of thiazole rings is 1. The minimum absolute atomic E-state index is 0.357. The molecule has 0 spiro atoms. The number of hydrogen-bond acceptors (Lipinski definition) is 6. The first-order valence-electron chi connectivity index (χ1n) is 6.57. The Kier molecular flexibility index (Phi) is 7.43. The van der Waals surface area contributed by atoms with Crippen LogP contribution in [0.4, 0.5) is 5.13 Å². The van der Waals surface area contributed by atoms with Crippen molar-refractivity contribution in [2.75, 3.05) is 31.7 Å². The Labute approximate surface area is 118 Å². The molecule has 1 N–H and O–H groups in total. The van der Waals surface area contributed by atoms with E-state index >= 15 is 0 Å². The van der Waals surface area contributed by atoms with Gasteiger partial charge in [0.1, 0.15) is 0 Å². The van der Waals surface area contributed by atoms with Crippen molar-refractivity contribution >= 4 is 22.4 Å². The predicted molar refractivity (Wildman–Crippen MR) is 76.8 cm³/mol. The quantitative estimate of drug-likeness (QED) is 0.559. The second-order valence-corrected chi connectivity index (χ2v) is 5.34. The number of carbonyl (C=O) groups excluding carboxylic acids is 1. The summed E-state index contributed by atoms with van der Waals surface area (Å²) >= 11 is 1.39. The first-order valence-corrected chi connectivity index (χ1v) is 7.45. The van der Waals surface area contributed by atoms with Gasteiger partial charge in [0.25, 0.3) is 0 Å². The average molecular weight is 286 g/mol. The second kappa shape index (κ2) is 8.87. The van der Waals surface area contributed by atoms with Gasteiger partial charge in [0, 0.05) is 18.5 Å². The highest BCUT2D eigenvalue weighted by Gasteiger charge is 2.10. The molecule has 0 unspecified atom stereocenters. The molecular weight excluding hydrogens is 264 g/mol. The summed E-state index contributed by atoms with van der Waals surface area (Å²) in [5.41, 5.74) is 0.357. The highest BCUT2D eigenvalue weighted by Crippen LogP contribution is 2.15. The van der Waals surface area contributed by atoms with Gasteiger partial charge in [-0.05, 0) is 19.3 Å². The van der Waals surface area contributed by atoms with Crippen LogP contribution in [0.1, 0.15) is 37.7 Å². The van der Waals surface area contributed by atoms with Crippen molar-refractivity contribution in [3.63, 3.8) is 0 Å². The number of nitrogens with one attached hydrogen (secondary N) is 1. The van der Waals surface area contributed by atoms with Crippen molar-refractivity contribution in [3.8, 4) is 0 Å². The van der Waals surface area contributed by atoms with Crippen LogP contribution in [-0.4, -0.2) is 37.3 Å². The topological polar surface area (TPSA) is 60.5 Å². The van der Waals surface area contributed by atoms with Crippen molar-refractivity contribution in [3.05, 3.63) is 11.1 Å². The maximum atomic E-state index is 11.4. The summed E-state index contributed by atoms with van der Waals surface area (Å²) in [6.45, 7) is 8.60. The molecule has 0 atom stereocenters. The summed E-state index contributed by atoms with van der Waals surface area (Å²) in [4.78, 5) is 15.6. The SMILES string of the molecule is CCOC(=O)c1csc(NCCOCCC(C)C)n1. The van der Waals surface area contributed by atoms with Gasteiger partial charge in [-0.25, -0.2) is 9.78 Å². The maximum Gasteiger partial charge on any atom is 0.357 e. The molecule has 0 saturated carbocycles. The molecule has 19 heavy (non-hydrogen) atoms. The van der Waals surface area contributed by atoms with Crippen LogP contribution in [0.15, 0.2) is 5.38 Å². The number of ether oxygens (including phenoxy) is 2. The third-order valence-electron chi connectivity index (χ3n) is 2.35. The minimum atomic E-state index is -0.375. The van der Waals surface area contributed by atoms with E-state index in [0.29, 0.717) is 31.4 Å². The van der Waals surface area contributed by atoms with Gasteiger partial charge >= 0.3 is 5.97 Å². The summed E-state index contributed by atoms with van der Waals surface area (Å²) in [6.07, 6.45) is 1.07. The van der Waals surface area contributed by atoms with Crippen molar-refractivity contribution in [1.82, 2.24) is 4.98 Å². The number of esters is 1. The summed E-state index contributed by atoms with van der Waals surface area (Å²) in [5.74, 6) is 0.291. The Morgan fingerprint density at radius 2 is 2.26 bits per heavy atom. The zero-order valence-corrected chi connectivity index (χ0v) is 12.6. The summed E-state index contributed by atoms with van der Waals surface area (Å²) in [5, 5.41) is 5.54. The minimum Gasteiger partial charge on any atom is -0.461 e. The lowest BCUT2D eigenvalue weighted by atomic mass is 10.1. The molecule has 0 aromatic carbocycles. The van der Waals surface area contributed by atoms with E-state index < -0.39 is 0 Å². The molecular formula is C13H22N2O3S. The largest absolute Gasteiger partial charge is 0.461 e. The van der Waals surface area contributed by atoms with Crippen molar-refractivity contribution in [1.29, 1.82) is 0 Å². The molecule has 0 saturated heterocycles. The molecule has 0 radical (unpaired) electrons. The van der Waals surface area contributed by atoms with Crippen molar-refractivity contribution in [2.45, 2.75) is 27.2 Å². The molecule has 1 heterocycles. The second-order valence-electron chi connectivity index (χ2n) is 4.48. The Hall–Kier alpha value is -1.14. The van der Waals surface area contributed by atoms with E-state index in [1.807, 2.05) is 0 Å². The van der Waals surface area contributed by atoms with Gasteiger partial charge < -0.3 is 14.8 Å². The molecule has 6 heteroatoms. The Morgan fingerprint density at radius 1 is 1.47 bits per heavy atom. The highest BCUT2D eigenvalue weighted by molar-refractivity contribution is 7.13. The van der Waals surface area contributed by atoms with Crippen LogP contribution >= 0.6 is 11.3 Å². The first-order chi connectivity index (χ1) is 9.13. The van der Waals surface area contributed by atoms with Crippen LogP contribution < -0.4 is 5.32 Å². The average Bonchev–Trinajstić information content (AvgIpc) is 2.82. The number of nitrogens with zero attached hydrogens (tertiary/aromatic N) is 1. The van der Waals surface area contributed by atoms with E-state index in [1.54, 1.807) is 12.3 Å². The molecule has 0 bridgehead atoms. The smallest absolute Gasteiger partial charge is 0.357 e. The summed E-state index contributed by atoms with van der Waals surface area (Å²) < 4.78 is 10.4. The summed E-state index contributed by atoms with van der Waals surface area (Å²) in [6, 6.07) is 0. The standard InChI is InChI=1S/C13H22N2O3S/c1-4-18-12(16)11-9-19-13(15-11)14-6-8-17-7-5-10(2)3/h9-10H,4-8H2,1-3H3,(H,14,15). The van der Waals surface area contributed by atoms with E-state index in [2.05, 4.69) is 24.1 Å². The molecule has 108 valence electrons. The Bertz CT molecular complexity index is 380. The van der Waals surface area contributed by atoms with Gasteiger partial charge in [-0.1, -0.05) is 13.8 Å². The molecule has 5 nitrogen and oxygen atoms in total. The third kappa shape index (κ3) is 6.54. The van der Waals surface area contributed by atoms with Crippen LogP contribution in [0.2, 0.25) is 0 Å². The fourth-order valence-electron chi connectivity index (χ4n) is 1.30. The van der Waals surface area contributed by atoms with Crippen molar-refractivity contribution in [2.24, 2.45) is 5.92 Å². The fourth-order valence-corrected chi connectivity index (χ4v) is 2.01. The van der Waals surface area contributed by atoms with Crippen LogP contribution in [0, 0.1) is 5.92 Å². The monoisotopic (exact) mass is 286 g/mol. The van der Waals surface area contributed by atoms with Gasteiger partial charge in [0.05, 0.1) is 13.2 Å². The predicted octanol–water partition coefficient (Wildman–Crippen LogP) is 2.79. The van der Waals surface area contributed by atoms with Gasteiger partial charge in [-0.15, -0.1) is 11.3 Å². The van der Waals surface area contributed by atoms with E-state index in [1.165, 1.54) is 11.3 Å². The first kappa shape index (κ1) is 15.9. The molecule has 0 aliphatic heterocycles. The highest BCUT2D eigenvalue weighted by atomic mass is 32.1. The van der Waals surface area contributed by atoms with E-state index in [4.69, 9.17) is 9.47 Å². The zero-order valence-electron chi connectivity index (χ0n) is 11.8. The number of anilines is 1. The number of carbonyl (C=O) groups is 1. The Morgan fingerprint density at radius 3 is 2.95 bits per heavy atom. The van der Waals surface area contributed by atoms with E-state index in [0.717, 1.165) is 18.2 Å². The molecule has 1 aromatic rings. The lowest BCUT2D eigenvalue weighted by Crippen LogP contribution is -2.11. The van der Waals surface area contributed by atoms with Crippen LogP contribution in [0.25, 0.3) is 0 Å². The molecule has 1 rings (SSSR count). The lowest BCUT2D eigenvalue weighted by Gasteiger charge is -2.06. The van der Waals surface area contributed by atoms with E-state index in [-0.39, 0.29) is 5.97 Å². The number of hydrogen-bond donors (Lipinski definition) is 1. The van der Waals surface area contributed by atoms with Crippen molar-refractivity contribution < 1.29 is 14.3 Å². The molecule has 0 fully saturated rings. The van der Waals surface area contributed by atoms with E-state index in [9.17, 15) is 4.79 Å². The molecule has 1 aromatic heterocycles. The molecule has 0 amide bonds. The van der Waals surface area contributed by atoms with Crippen LogP contribution in [-0.2, 0) is 9.47 Å². The number of rotatable bonds is 9. The third-order valence-corrected chi connectivity index (χ3v) is 3.15. The fraction of sp³-hybridized carbons (Fsp3) is 0.692. The van der Waals surface area contributed by atoms with Gasteiger partial charge in [0.15, 0.2) is 10.8 Å². The normalized spacial score (nSPS) is 10.7. The van der Waals surface area contributed by atoms with Crippen LogP contribution in [0.3, 0.4) is 0 Å². The van der Waals surface area contributed by atoms with Crippen LogP contribution in [0.5, 0.6) is 0 Å². The zero-order chi connectivity index (χ0) is 14.1. The maximum absolute atomic E-state index is 11.4. The Balaban J connectivity index is 2.18. The molecule has 0 aliphatic carbocycles. The summed E-state index contributed by atoms with van der Waals surface area (Å²) in [7, 11) is 0. The number of aromatic nitrogens is 1. The van der Waals surface area contributed by atoms with Gasteiger partial charge in [-0.3, -0.25) is 0 Å². The van der Waals surface area contributed by atoms with Gasteiger partial charge in [-0.2, -0.15) is 0 Å². The molecule has 0 aliphatic rings.